The van der Waals surface area contributed by atoms with Gasteiger partial charge in [-0.2, -0.15) is 0 Å². The fraction of sp³-hybridized carbons (Fsp3) is 0.588. The third-order valence-corrected chi connectivity index (χ3v) is 9.50. The number of rotatable bonds is 15. The van der Waals surface area contributed by atoms with Crippen molar-refractivity contribution < 1.29 is 24.6 Å². The van der Waals surface area contributed by atoms with Crippen LogP contribution in [0.2, 0.25) is 0 Å². The van der Waals surface area contributed by atoms with Crippen LogP contribution >= 0.6 is 0 Å². The van der Waals surface area contributed by atoms with E-state index in [2.05, 4.69) is 39.4 Å². The van der Waals surface area contributed by atoms with Crippen molar-refractivity contribution in [1.29, 1.82) is 0 Å². The van der Waals surface area contributed by atoms with Crippen LogP contribution < -0.4 is 10.6 Å². The molecule has 3 heterocycles. The molecule has 0 radical (unpaired) electrons. The van der Waals surface area contributed by atoms with Gasteiger partial charge in [0.15, 0.2) is 0 Å². The van der Waals surface area contributed by atoms with Gasteiger partial charge in [-0.05, 0) is 37.2 Å². The van der Waals surface area contributed by atoms with E-state index in [1.165, 1.54) is 6.42 Å². The van der Waals surface area contributed by atoms with Gasteiger partial charge in [0.1, 0.15) is 11.7 Å². The average Bonchev–Trinajstić information content (AvgIpc) is 3.75. The molecule has 45 heavy (non-hydrogen) atoms. The number of nitrogens with one attached hydrogen (secondary N) is 4. The van der Waals surface area contributed by atoms with Gasteiger partial charge in [-0.25, -0.2) is 4.98 Å². The Hall–Kier alpha value is -3.70. The number of aliphatic hydroxyl groups excluding tert-OH is 2. The van der Waals surface area contributed by atoms with E-state index in [0.29, 0.717) is 36.2 Å². The molecular weight excluding hydrogens is 572 g/mol. The number of nitrogens with zero attached hydrogens (tertiary/aromatic N) is 2. The molecule has 1 saturated carbocycles. The molecule has 0 bridgehead atoms. The molecule has 1 aromatic carbocycles. The highest BCUT2D eigenvalue weighted by atomic mass is 16.3. The Bertz CT molecular complexity index is 1430. The molecule has 1 aliphatic heterocycles. The molecule has 5 rings (SSSR count). The lowest BCUT2D eigenvalue weighted by atomic mass is 9.82. The van der Waals surface area contributed by atoms with Crippen LogP contribution in [0.5, 0.6) is 0 Å². The molecule has 0 saturated heterocycles. The number of hydrogen-bond donors (Lipinski definition) is 6. The Morgan fingerprint density at radius 3 is 2.62 bits per heavy atom. The summed E-state index contributed by atoms with van der Waals surface area (Å²) in [5.74, 6) is -0.959. The molecule has 4 atom stereocenters. The van der Waals surface area contributed by atoms with Crippen LogP contribution in [0.15, 0.2) is 36.8 Å². The molecule has 3 amide bonds. The quantitative estimate of drug-likeness (QED) is 0.152. The Morgan fingerprint density at radius 1 is 1.13 bits per heavy atom. The second-order valence-electron chi connectivity index (χ2n) is 13.2. The van der Waals surface area contributed by atoms with E-state index in [0.717, 1.165) is 48.6 Å². The van der Waals surface area contributed by atoms with Crippen LogP contribution in [0.1, 0.15) is 87.0 Å². The van der Waals surface area contributed by atoms with E-state index in [1.807, 2.05) is 24.3 Å². The van der Waals surface area contributed by atoms with Gasteiger partial charge in [-0.1, -0.05) is 64.2 Å². The first-order chi connectivity index (χ1) is 21.7. The molecule has 6 N–H and O–H groups in total. The van der Waals surface area contributed by atoms with Gasteiger partial charge in [0, 0.05) is 42.2 Å². The van der Waals surface area contributed by atoms with E-state index in [9.17, 15) is 24.6 Å². The summed E-state index contributed by atoms with van der Waals surface area (Å²) in [6.45, 7) is 4.53. The summed E-state index contributed by atoms with van der Waals surface area (Å²) in [7, 11) is 0. The number of aromatic nitrogens is 3. The molecule has 2 aliphatic rings. The fourth-order valence-electron chi connectivity index (χ4n) is 6.85. The van der Waals surface area contributed by atoms with Crippen LogP contribution in [-0.2, 0) is 22.6 Å². The minimum atomic E-state index is -1.05. The maximum Gasteiger partial charge on any atom is 0.271 e. The summed E-state index contributed by atoms with van der Waals surface area (Å²) < 4.78 is 0. The third kappa shape index (κ3) is 7.94. The third-order valence-electron chi connectivity index (χ3n) is 9.50. The predicted molar refractivity (Wildman–Crippen MR) is 171 cm³/mol. The number of aromatic amines is 2. The summed E-state index contributed by atoms with van der Waals surface area (Å²) >= 11 is 0. The molecule has 11 nitrogen and oxygen atoms in total. The second-order valence-corrected chi connectivity index (χ2v) is 13.2. The number of benzene rings is 1. The van der Waals surface area contributed by atoms with Crippen molar-refractivity contribution in [2.75, 3.05) is 13.2 Å². The largest absolute Gasteiger partial charge is 0.396 e. The average molecular weight is 621 g/mol. The van der Waals surface area contributed by atoms with Crippen molar-refractivity contribution in [1.82, 2.24) is 30.5 Å². The molecule has 4 unspecified atom stereocenters. The van der Waals surface area contributed by atoms with E-state index < -0.39 is 30.7 Å². The SMILES string of the molecule is CC(C)CCNC(=O)C(CO)CC(O)C(CC1CCCCC1)NC(=O)C(Cc1c[nH]cn1)N1Cc2c([nH]c3ccccc23)C1=O. The first kappa shape index (κ1) is 32.7. The van der Waals surface area contributed by atoms with Crippen LogP contribution in [0.25, 0.3) is 10.9 Å². The standard InChI is InChI=1S/C34H48N6O5/c1-21(2)12-13-36-32(43)23(19-41)15-30(42)28(14-22-8-4-3-5-9-22)39-33(44)29(16-24-17-35-20-37-24)40-18-26-25-10-6-7-11-27(25)38-31(26)34(40)45/h6-7,10-11,17,20-23,28-30,38,41-42H,3-5,8-9,12-16,18-19H2,1-2H3,(H,35,37)(H,36,43)(H,39,44). The van der Waals surface area contributed by atoms with Crippen molar-refractivity contribution >= 4 is 28.6 Å². The number of imidazole rings is 1. The lowest BCUT2D eigenvalue weighted by molar-refractivity contribution is -0.128. The summed E-state index contributed by atoms with van der Waals surface area (Å²) in [5.41, 5.74) is 2.88. The number of H-pyrrole nitrogens is 2. The zero-order valence-electron chi connectivity index (χ0n) is 26.4. The maximum absolute atomic E-state index is 14.2. The van der Waals surface area contributed by atoms with Gasteiger partial charge in [-0.3, -0.25) is 14.4 Å². The molecule has 0 spiro atoms. The topological polar surface area (TPSA) is 163 Å². The highest BCUT2D eigenvalue weighted by molar-refractivity contribution is 6.05. The van der Waals surface area contributed by atoms with Gasteiger partial charge in [0.2, 0.25) is 11.8 Å². The number of carbonyl (C=O) groups excluding carboxylic acids is 3. The van der Waals surface area contributed by atoms with Gasteiger partial charge >= 0.3 is 0 Å². The lowest BCUT2D eigenvalue weighted by Gasteiger charge is -2.34. The van der Waals surface area contributed by atoms with Crippen molar-refractivity contribution in [3.63, 3.8) is 0 Å². The summed E-state index contributed by atoms with van der Waals surface area (Å²) in [6, 6.07) is 6.24. The van der Waals surface area contributed by atoms with E-state index in [4.69, 9.17) is 0 Å². The number of fused-ring (bicyclic) bond motifs is 3. The maximum atomic E-state index is 14.2. The Labute approximate surface area is 264 Å². The number of para-hydroxylation sites is 1. The first-order valence-corrected chi connectivity index (χ1v) is 16.5. The van der Waals surface area contributed by atoms with Gasteiger partial charge in [0.25, 0.3) is 5.91 Å². The fourth-order valence-corrected chi connectivity index (χ4v) is 6.85. The second kappa shape index (κ2) is 15.1. The number of hydrogen-bond acceptors (Lipinski definition) is 6. The van der Waals surface area contributed by atoms with Crippen LogP contribution in [0.3, 0.4) is 0 Å². The van der Waals surface area contributed by atoms with Gasteiger partial charge < -0.3 is 35.7 Å². The first-order valence-electron chi connectivity index (χ1n) is 16.5. The molecule has 11 heteroatoms. The summed E-state index contributed by atoms with van der Waals surface area (Å²) in [6.07, 6.45) is 9.23. The van der Waals surface area contributed by atoms with Crippen molar-refractivity contribution in [2.24, 2.45) is 17.8 Å². The monoisotopic (exact) mass is 620 g/mol. The Balaban J connectivity index is 1.35. The van der Waals surface area contributed by atoms with Gasteiger partial charge in [0.05, 0.1) is 36.7 Å². The highest BCUT2D eigenvalue weighted by Crippen LogP contribution is 2.33. The highest BCUT2D eigenvalue weighted by Gasteiger charge is 2.40. The van der Waals surface area contributed by atoms with E-state index in [-0.39, 0.29) is 37.1 Å². The Kier molecular flexibility index (Phi) is 10.9. The van der Waals surface area contributed by atoms with Crippen molar-refractivity contribution in [3.05, 3.63) is 53.7 Å². The van der Waals surface area contributed by atoms with Gasteiger partial charge in [-0.15, -0.1) is 0 Å². The minimum Gasteiger partial charge on any atom is -0.396 e. The van der Waals surface area contributed by atoms with E-state index in [1.54, 1.807) is 17.4 Å². The smallest absolute Gasteiger partial charge is 0.271 e. The lowest BCUT2D eigenvalue weighted by Crippen LogP contribution is -2.54. The molecule has 3 aromatic rings. The van der Waals surface area contributed by atoms with Crippen LogP contribution in [-0.4, -0.2) is 79.1 Å². The zero-order chi connectivity index (χ0) is 31.9. The van der Waals surface area contributed by atoms with Crippen LogP contribution in [0.4, 0.5) is 0 Å². The normalized spacial score (nSPS) is 18.2. The number of amides is 3. The van der Waals surface area contributed by atoms with Crippen molar-refractivity contribution in [3.8, 4) is 0 Å². The van der Waals surface area contributed by atoms with Crippen molar-refractivity contribution in [2.45, 2.75) is 96.4 Å². The molecular formula is C34H48N6O5. The minimum absolute atomic E-state index is 0.0188. The predicted octanol–water partition coefficient (Wildman–Crippen LogP) is 3.44. The number of carbonyl (C=O) groups is 3. The summed E-state index contributed by atoms with van der Waals surface area (Å²) in [4.78, 5) is 52.9. The Morgan fingerprint density at radius 2 is 1.91 bits per heavy atom. The van der Waals surface area contributed by atoms with Crippen LogP contribution in [0, 0.1) is 17.8 Å². The van der Waals surface area contributed by atoms with E-state index >= 15 is 0 Å². The molecule has 244 valence electrons. The molecule has 1 fully saturated rings. The molecule has 1 aliphatic carbocycles. The summed E-state index contributed by atoms with van der Waals surface area (Å²) in [5, 5.41) is 28.5. The number of aliphatic hydroxyl groups is 2. The molecule has 2 aromatic heterocycles. The zero-order valence-corrected chi connectivity index (χ0v) is 26.4.